The predicted molar refractivity (Wildman–Crippen MR) is 129 cm³/mol. The number of rotatable bonds is 9. The monoisotopic (exact) mass is 489 g/mol. The van der Waals surface area contributed by atoms with Crippen LogP contribution in [0.5, 0.6) is 5.75 Å². The summed E-state index contributed by atoms with van der Waals surface area (Å²) in [5.74, 6) is -0.761. The van der Waals surface area contributed by atoms with Gasteiger partial charge in [-0.25, -0.2) is 13.6 Å². The highest BCUT2D eigenvalue weighted by Crippen LogP contribution is 2.38. The SMILES string of the molecule is COc1cc(-c2ccc(NC3(C(=O)O)CCOCC3)cc2COC2CCCC2)cc(C)c1C(F)F. The first-order valence-electron chi connectivity index (χ1n) is 12.1. The quantitative estimate of drug-likeness (QED) is 0.442. The van der Waals surface area contributed by atoms with E-state index in [4.69, 9.17) is 14.2 Å². The number of carbonyl (C=O) groups is 1. The summed E-state index contributed by atoms with van der Waals surface area (Å²) in [7, 11) is 1.39. The Balaban J connectivity index is 1.71. The zero-order valence-electron chi connectivity index (χ0n) is 20.2. The predicted octanol–water partition coefficient (Wildman–Crippen LogP) is 6.11. The molecule has 2 aliphatic rings. The second kappa shape index (κ2) is 10.9. The Bertz CT molecular complexity index is 1050. The van der Waals surface area contributed by atoms with Gasteiger partial charge >= 0.3 is 5.97 Å². The fourth-order valence-corrected chi connectivity index (χ4v) is 5.09. The van der Waals surface area contributed by atoms with Crippen LogP contribution in [0.3, 0.4) is 0 Å². The summed E-state index contributed by atoms with van der Waals surface area (Å²) in [6, 6.07) is 9.00. The number of aliphatic carboxylic acids is 1. The number of halogens is 2. The van der Waals surface area contributed by atoms with Gasteiger partial charge in [0.05, 0.1) is 25.4 Å². The average molecular weight is 490 g/mol. The van der Waals surface area contributed by atoms with Gasteiger partial charge < -0.3 is 24.6 Å². The number of hydrogen-bond acceptors (Lipinski definition) is 5. The van der Waals surface area contributed by atoms with E-state index in [1.54, 1.807) is 19.1 Å². The van der Waals surface area contributed by atoms with E-state index in [9.17, 15) is 18.7 Å². The van der Waals surface area contributed by atoms with Crippen LogP contribution in [0, 0.1) is 6.92 Å². The maximum absolute atomic E-state index is 13.6. The van der Waals surface area contributed by atoms with Crippen LogP contribution in [-0.2, 0) is 20.9 Å². The maximum Gasteiger partial charge on any atom is 0.329 e. The standard InChI is InChI=1S/C27H33F2NO5/c1-17-13-18(15-23(33-2)24(17)25(28)29)22-8-7-20(14-19(22)16-35-21-5-3-4-6-21)30-27(26(31)32)9-11-34-12-10-27/h7-8,13-15,21,25,30H,3-6,9-12,16H2,1-2H3,(H,31,32). The molecule has 0 amide bonds. The van der Waals surface area contributed by atoms with Gasteiger partial charge in [0.1, 0.15) is 11.3 Å². The number of carboxylic acid groups (broad SMARTS) is 1. The number of ether oxygens (including phenoxy) is 3. The van der Waals surface area contributed by atoms with Crippen molar-refractivity contribution >= 4 is 11.7 Å². The molecule has 1 aliphatic carbocycles. The van der Waals surface area contributed by atoms with Gasteiger partial charge in [-0.05, 0) is 60.2 Å². The molecule has 1 heterocycles. The van der Waals surface area contributed by atoms with Gasteiger partial charge in [0.2, 0.25) is 0 Å². The number of hydrogen-bond donors (Lipinski definition) is 2. The highest BCUT2D eigenvalue weighted by molar-refractivity contribution is 5.83. The fourth-order valence-electron chi connectivity index (χ4n) is 5.09. The first-order chi connectivity index (χ1) is 16.8. The summed E-state index contributed by atoms with van der Waals surface area (Å²) in [6.45, 7) is 2.76. The Kier molecular flexibility index (Phi) is 7.91. The molecule has 35 heavy (non-hydrogen) atoms. The Hall–Kier alpha value is -2.71. The smallest absolute Gasteiger partial charge is 0.329 e. The van der Waals surface area contributed by atoms with Gasteiger partial charge in [0.25, 0.3) is 6.43 Å². The maximum atomic E-state index is 13.6. The first-order valence-corrected chi connectivity index (χ1v) is 12.1. The molecule has 190 valence electrons. The summed E-state index contributed by atoms with van der Waals surface area (Å²) in [5.41, 5.74) is 2.37. The molecular formula is C27H33F2NO5. The molecule has 0 unspecified atom stereocenters. The van der Waals surface area contributed by atoms with Gasteiger partial charge in [-0.1, -0.05) is 25.0 Å². The lowest BCUT2D eigenvalue weighted by Gasteiger charge is -2.35. The fraction of sp³-hybridized carbons (Fsp3) is 0.519. The number of anilines is 1. The lowest BCUT2D eigenvalue weighted by atomic mass is 9.89. The largest absolute Gasteiger partial charge is 0.496 e. The molecular weight excluding hydrogens is 456 g/mol. The van der Waals surface area contributed by atoms with Crippen molar-refractivity contribution in [2.24, 2.45) is 0 Å². The first kappa shape index (κ1) is 25.4. The van der Waals surface area contributed by atoms with Gasteiger partial charge in [0.15, 0.2) is 0 Å². The van der Waals surface area contributed by atoms with Crippen LogP contribution in [0.4, 0.5) is 14.5 Å². The van der Waals surface area contributed by atoms with Crippen molar-refractivity contribution in [3.8, 4) is 16.9 Å². The molecule has 0 spiro atoms. The second-order valence-electron chi connectivity index (χ2n) is 9.42. The second-order valence-corrected chi connectivity index (χ2v) is 9.42. The highest BCUT2D eigenvalue weighted by Gasteiger charge is 2.40. The van der Waals surface area contributed by atoms with Crippen LogP contribution >= 0.6 is 0 Å². The zero-order valence-corrected chi connectivity index (χ0v) is 20.2. The number of alkyl halides is 2. The topological polar surface area (TPSA) is 77.0 Å². The molecule has 2 N–H and O–H groups in total. The highest BCUT2D eigenvalue weighted by atomic mass is 19.3. The Morgan fingerprint density at radius 2 is 1.91 bits per heavy atom. The summed E-state index contributed by atoms with van der Waals surface area (Å²) in [6.07, 6.45) is 2.62. The summed E-state index contributed by atoms with van der Waals surface area (Å²) < 4.78 is 44.1. The summed E-state index contributed by atoms with van der Waals surface area (Å²) in [5, 5.41) is 13.2. The van der Waals surface area contributed by atoms with Crippen LogP contribution in [-0.4, -0.2) is 43.0 Å². The van der Waals surface area contributed by atoms with E-state index in [2.05, 4.69) is 5.32 Å². The number of aryl methyl sites for hydroxylation is 1. The van der Waals surface area contributed by atoms with Gasteiger partial charge in [0, 0.05) is 31.7 Å². The van der Waals surface area contributed by atoms with Gasteiger partial charge in [-0.2, -0.15) is 0 Å². The minimum Gasteiger partial charge on any atom is -0.496 e. The molecule has 8 heteroatoms. The van der Waals surface area contributed by atoms with Crippen molar-refractivity contribution in [1.29, 1.82) is 0 Å². The van der Waals surface area contributed by atoms with E-state index in [0.29, 0.717) is 43.9 Å². The van der Waals surface area contributed by atoms with Crippen molar-refractivity contribution < 1.29 is 32.9 Å². The average Bonchev–Trinajstić information content (AvgIpc) is 3.36. The molecule has 1 saturated heterocycles. The molecule has 1 saturated carbocycles. The van der Waals surface area contributed by atoms with E-state index >= 15 is 0 Å². The van der Waals surface area contributed by atoms with Crippen LogP contribution in [0.15, 0.2) is 30.3 Å². The van der Waals surface area contributed by atoms with Crippen molar-refractivity contribution in [3.05, 3.63) is 47.0 Å². The number of benzene rings is 2. The summed E-state index contributed by atoms with van der Waals surface area (Å²) in [4.78, 5) is 12.1. The van der Waals surface area contributed by atoms with Crippen molar-refractivity contribution in [2.45, 2.75) is 70.1 Å². The number of methoxy groups -OCH3 is 1. The van der Waals surface area contributed by atoms with Gasteiger partial charge in [-0.3, -0.25) is 0 Å². The minimum atomic E-state index is -2.64. The Morgan fingerprint density at radius 3 is 2.54 bits per heavy atom. The number of nitrogens with one attached hydrogen (secondary N) is 1. The van der Waals surface area contributed by atoms with Crippen molar-refractivity contribution in [2.75, 3.05) is 25.6 Å². The minimum absolute atomic E-state index is 0.110. The molecule has 0 bridgehead atoms. The Morgan fingerprint density at radius 1 is 1.20 bits per heavy atom. The molecule has 2 aromatic rings. The van der Waals surface area contributed by atoms with E-state index in [-0.39, 0.29) is 17.4 Å². The van der Waals surface area contributed by atoms with E-state index < -0.39 is 17.9 Å². The molecule has 0 aromatic heterocycles. The van der Waals surface area contributed by atoms with Crippen LogP contribution in [0.2, 0.25) is 0 Å². The molecule has 0 atom stereocenters. The van der Waals surface area contributed by atoms with Crippen LogP contribution in [0.25, 0.3) is 11.1 Å². The van der Waals surface area contributed by atoms with Gasteiger partial charge in [-0.15, -0.1) is 0 Å². The van der Waals surface area contributed by atoms with Crippen molar-refractivity contribution in [3.63, 3.8) is 0 Å². The van der Waals surface area contributed by atoms with Crippen molar-refractivity contribution in [1.82, 2.24) is 0 Å². The molecule has 0 radical (unpaired) electrons. The van der Waals surface area contributed by atoms with E-state index in [0.717, 1.165) is 42.4 Å². The zero-order chi connectivity index (χ0) is 25.0. The lowest BCUT2D eigenvalue weighted by Crippen LogP contribution is -2.50. The Labute approximate surface area is 204 Å². The molecule has 4 rings (SSSR count). The van der Waals surface area contributed by atoms with Crippen LogP contribution < -0.4 is 10.1 Å². The van der Waals surface area contributed by atoms with Crippen LogP contribution in [0.1, 0.15) is 61.6 Å². The van der Waals surface area contributed by atoms with E-state index in [1.807, 2.05) is 18.2 Å². The molecule has 6 nitrogen and oxygen atoms in total. The lowest BCUT2D eigenvalue weighted by molar-refractivity contribution is -0.145. The van der Waals surface area contributed by atoms with E-state index in [1.165, 1.54) is 7.11 Å². The summed E-state index contributed by atoms with van der Waals surface area (Å²) >= 11 is 0. The third-order valence-corrected chi connectivity index (χ3v) is 7.12. The number of carboxylic acids is 1. The third-order valence-electron chi connectivity index (χ3n) is 7.12. The molecule has 2 fully saturated rings. The molecule has 1 aliphatic heterocycles. The third kappa shape index (κ3) is 5.59. The normalized spacial score (nSPS) is 18.1. The molecule has 2 aromatic carbocycles.